The predicted molar refractivity (Wildman–Crippen MR) is 56.6 cm³/mol. The van der Waals surface area contributed by atoms with Crippen molar-refractivity contribution in [2.45, 2.75) is 6.42 Å². The lowest BCUT2D eigenvalue weighted by Crippen LogP contribution is -1.76. The van der Waals surface area contributed by atoms with E-state index in [4.69, 9.17) is 18.0 Å². The zero-order valence-corrected chi connectivity index (χ0v) is 7.93. The maximum atomic E-state index is 5.49. The van der Waals surface area contributed by atoms with Gasteiger partial charge in [-0.15, -0.1) is 18.0 Å². The highest BCUT2D eigenvalue weighted by Crippen LogP contribution is 2.01. The standard InChI is InChI=1S/C12H9Cl/c1-2-11-6-8-12(9-7-11)5-3-4-10-13/h1,6-9H,4,10H2. The third-order valence-corrected chi connectivity index (χ3v) is 1.69. The van der Waals surface area contributed by atoms with E-state index in [0.717, 1.165) is 17.5 Å². The van der Waals surface area contributed by atoms with Gasteiger partial charge in [0.25, 0.3) is 0 Å². The van der Waals surface area contributed by atoms with Crippen LogP contribution in [0, 0.1) is 24.2 Å². The molecule has 0 atom stereocenters. The lowest BCUT2D eigenvalue weighted by Gasteiger charge is -1.90. The van der Waals surface area contributed by atoms with Crippen molar-refractivity contribution in [3.8, 4) is 24.2 Å². The zero-order chi connectivity index (χ0) is 9.52. The van der Waals surface area contributed by atoms with E-state index in [0.29, 0.717) is 5.88 Å². The van der Waals surface area contributed by atoms with Crippen molar-refractivity contribution in [1.82, 2.24) is 0 Å². The highest BCUT2D eigenvalue weighted by Gasteiger charge is 1.86. The normalized spacial score (nSPS) is 8.31. The van der Waals surface area contributed by atoms with E-state index in [-0.39, 0.29) is 0 Å². The number of alkyl halides is 1. The molecule has 0 aliphatic heterocycles. The summed E-state index contributed by atoms with van der Waals surface area (Å²) >= 11 is 5.49. The van der Waals surface area contributed by atoms with Crippen LogP contribution in [0.4, 0.5) is 0 Å². The second-order valence-corrected chi connectivity index (χ2v) is 2.84. The second kappa shape index (κ2) is 5.31. The number of hydrogen-bond acceptors (Lipinski definition) is 0. The first-order valence-electron chi connectivity index (χ1n) is 3.98. The van der Waals surface area contributed by atoms with E-state index in [2.05, 4.69) is 17.8 Å². The molecule has 1 aromatic rings. The molecule has 0 aliphatic carbocycles. The minimum Gasteiger partial charge on any atom is -0.126 e. The van der Waals surface area contributed by atoms with Crippen molar-refractivity contribution in [2.24, 2.45) is 0 Å². The first-order chi connectivity index (χ1) is 6.36. The van der Waals surface area contributed by atoms with Gasteiger partial charge in [-0.25, -0.2) is 0 Å². The van der Waals surface area contributed by atoms with Crippen molar-refractivity contribution < 1.29 is 0 Å². The lowest BCUT2D eigenvalue weighted by molar-refractivity contribution is 1.29. The number of benzene rings is 1. The molecular weight excluding hydrogens is 180 g/mol. The molecule has 0 N–H and O–H groups in total. The summed E-state index contributed by atoms with van der Waals surface area (Å²) in [5.74, 6) is 9.08. The van der Waals surface area contributed by atoms with Gasteiger partial charge in [0.15, 0.2) is 0 Å². The average Bonchev–Trinajstić information content (AvgIpc) is 2.19. The summed E-state index contributed by atoms with van der Waals surface area (Å²) in [4.78, 5) is 0. The van der Waals surface area contributed by atoms with Gasteiger partial charge in [-0.1, -0.05) is 17.8 Å². The summed E-state index contributed by atoms with van der Waals surface area (Å²) in [5, 5.41) is 0. The molecule has 13 heavy (non-hydrogen) atoms. The minimum absolute atomic E-state index is 0.579. The molecule has 0 spiro atoms. The quantitative estimate of drug-likeness (QED) is 0.470. The smallest absolute Gasteiger partial charge is 0.0333 e. The van der Waals surface area contributed by atoms with E-state index in [9.17, 15) is 0 Å². The van der Waals surface area contributed by atoms with Crippen LogP contribution in [-0.4, -0.2) is 5.88 Å². The summed E-state index contributed by atoms with van der Waals surface area (Å²) in [6.07, 6.45) is 5.94. The van der Waals surface area contributed by atoms with Crippen molar-refractivity contribution in [2.75, 3.05) is 5.88 Å². The third kappa shape index (κ3) is 3.24. The molecule has 0 aromatic heterocycles. The Morgan fingerprint density at radius 1 is 1.15 bits per heavy atom. The summed E-state index contributed by atoms with van der Waals surface area (Å²) in [7, 11) is 0. The SMILES string of the molecule is C#Cc1ccc(C#CCCCl)cc1. The Kier molecular flexibility index (Phi) is 3.97. The Hall–Kier alpha value is -1.37. The monoisotopic (exact) mass is 188 g/mol. The van der Waals surface area contributed by atoms with Crippen molar-refractivity contribution >= 4 is 11.6 Å². The molecular formula is C12H9Cl. The lowest BCUT2D eigenvalue weighted by atomic mass is 10.1. The molecule has 0 heterocycles. The van der Waals surface area contributed by atoms with Gasteiger partial charge in [-0.3, -0.25) is 0 Å². The molecule has 1 rings (SSSR count). The zero-order valence-electron chi connectivity index (χ0n) is 7.18. The van der Waals surface area contributed by atoms with Crippen LogP contribution in [0.25, 0.3) is 0 Å². The Morgan fingerprint density at radius 3 is 2.31 bits per heavy atom. The Balaban J connectivity index is 2.72. The Labute approximate surface area is 83.9 Å². The number of halogens is 1. The summed E-state index contributed by atoms with van der Waals surface area (Å²) in [6, 6.07) is 7.59. The Morgan fingerprint density at radius 2 is 1.77 bits per heavy atom. The first kappa shape index (κ1) is 9.72. The number of rotatable bonds is 1. The molecule has 0 radical (unpaired) electrons. The van der Waals surface area contributed by atoms with Crippen LogP contribution < -0.4 is 0 Å². The molecule has 1 aromatic carbocycles. The fourth-order valence-corrected chi connectivity index (χ4v) is 0.956. The average molecular weight is 189 g/mol. The topological polar surface area (TPSA) is 0 Å². The van der Waals surface area contributed by atoms with Crippen LogP contribution in [-0.2, 0) is 0 Å². The fourth-order valence-electron chi connectivity index (χ4n) is 0.862. The molecule has 0 saturated heterocycles. The third-order valence-electron chi connectivity index (χ3n) is 1.50. The number of hydrogen-bond donors (Lipinski definition) is 0. The van der Waals surface area contributed by atoms with E-state index < -0.39 is 0 Å². The molecule has 0 amide bonds. The highest BCUT2D eigenvalue weighted by atomic mass is 35.5. The minimum atomic E-state index is 0.579. The largest absolute Gasteiger partial charge is 0.126 e. The van der Waals surface area contributed by atoms with Crippen LogP contribution in [0.15, 0.2) is 24.3 Å². The van der Waals surface area contributed by atoms with Crippen LogP contribution in [0.1, 0.15) is 17.5 Å². The van der Waals surface area contributed by atoms with Crippen LogP contribution >= 0.6 is 11.6 Å². The molecule has 0 fully saturated rings. The van der Waals surface area contributed by atoms with Crippen molar-refractivity contribution in [1.29, 1.82) is 0 Å². The van der Waals surface area contributed by atoms with Gasteiger partial charge in [0.2, 0.25) is 0 Å². The molecule has 0 bridgehead atoms. The molecule has 0 nitrogen and oxygen atoms in total. The van der Waals surface area contributed by atoms with Crippen LogP contribution in [0.5, 0.6) is 0 Å². The summed E-state index contributed by atoms with van der Waals surface area (Å²) < 4.78 is 0. The van der Waals surface area contributed by atoms with Crippen LogP contribution in [0.3, 0.4) is 0 Å². The molecule has 0 unspecified atom stereocenters. The molecule has 0 saturated carbocycles. The molecule has 0 aliphatic rings. The van der Waals surface area contributed by atoms with Gasteiger partial charge in [-0.05, 0) is 24.3 Å². The number of terminal acetylenes is 1. The van der Waals surface area contributed by atoms with Crippen molar-refractivity contribution in [3.63, 3.8) is 0 Å². The first-order valence-corrected chi connectivity index (χ1v) is 4.52. The predicted octanol–water partition coefficient (Wildman–Crippen LogP) is 2.65. The maximum Gasteiger partial charge on any atom is 0.0333 e. The summed E-state index contributed by atoms with van der Waals surface area (Å²) in [5.41, 5.74) is 1.85. The van der Waals surface area contributed by atoms with E-state index in [1.807, 2.05) is 24.3 Å². The fraction of sp³-hybridized carbons (Fsp3) is 0.167. The van der Waals surface area contributed by atoms with Gasteiger partial charge in [-0.2, -0.15) is 0 Å². The summed E-state index contributed by atoms with van der Waals surface area (Å²) in [6.45, 7) is 0. The van der Waals surface area contributed by atoms with Gasteiger partial charge >= 0.3 is 0 Å². The van der Waals surface area contributed by atoms with Gasteiger partial charge in [0, 0.05) is 23.4 Å². The van der Waals surface area contributed by atoms with Gasteiger partial charge in [0.1, 0.15) is 0 Å². The van der Waals surface area contributed by atoms with Gasteiger partial charge in [0.05, 0.1) is 0 Å². The molecule has 1 heteroatoms. The van der Waals surface area contributed by atoms with E-state index in [1.54, 1.807) is 0 Å². The van der Waals surface area contributed by atoms with E-state index in [1.165, 1.54) is 0 Å². The van der Waals surface area contributed by atoms with Gasteiger partial charge < -0.3 is 0 Å². The molecule has 64 valence electrons. The Bertz CT molecular complexity index is 357. The van der Waals surface area contributed by atoms with E-state index >= 15 is 0 Å². The second-order valence-electron chi connectivity index (χ2n) is 2.46. The highest BCUT2D eigenvalue weighted by molar-refractivity contribution is 6.18. The van der Waals surface area contributed by atoms with Crippen molar-refractivity contribution in [3.05, 3.63) is 35.4 Å². The maximum absolute atomic E-state index is 5.49. The van der Waals surface area contributed by atoms with Crippen LogP contribution in [0.2, 0.25) is 0 Å².